The van der Waals surface area contributed by atoms with Crippen LogP contribution in [-0.4, -0.2) is 27.0 Å². The smallest absolute Gasteiger partial charge is 0.267 e. The molecule has 0 radical (unpaired) electrons. The van der Waals surface area contributed by atoms with Crippen molar-refractivity contribution >= 4 is 38.9 Å². The van der Waals surface area contributed by atoms with Crippen LogP contribution >= 0.6 is 11.6 Å². The van der Waals surface area contributed by atoms with Crippen molar-refractivity contribution in [3.8, 4) is 5.75 Å². The van der Waals surface area contributed by atoms with Gasteiger partial charge in [-0.15, -0.1) is 0 Å². The Labute approximate surface area is 192 Å². The molecular formula is C24H23ClN2O4S. The monoisotopic (exact) mass is 470 g/mol. The highest BCUT2D eigenvalue weighted by Crippen LogP contribution is 2.38. The summed E-state index contributed by atoms with van der Waals surface area (Å²) in [7, 11) is -3.90. The molecule has 32 heavy (non-hydrogen) atoms. The number of hydrogen-bond donors (Lipinski definition) is 1. The number of nitrogens with one attached hydrogen (secondary N) is 1. The highest BCUT2D eigenvalue weighted by atomic mass is 35.5. The maximum Gasteiger partial charge on any atom is 0.267 e. The van der Waals surface area contributed by atoms with Gasteiger partial charge in [-0.2, -0.15) is 0 Å². The number of ether oxygens (including phenoxy) is 1. The summed E-state index contributed by atoms with van der Waals surface area (Å²) in [6.07, 6.45) is -1.03. The standard InChI is InChI=1S/C24H23ClN2O4S/c1-15-4-8-19(9-5-15)32(29,30)27-14-23(31-22-12-16(2)6-11-21(22)27)24(28)26-20-10-7-18(25)13-17(20)3/h4-13,23H,14H2,1-3H3,(H,26,28). The highest BCUT2D eigenvalue weighted by molar-refractivity contribution is 7.92. The summed E-state index contributed by atoms with van der Waals surface area (Å²) < 4.78 is 34.2. The minimum atomic E-state index is -3.90. The molecule has 166 valence electrons. The van der Waals surface area contributed by atoms with Crippen LogP contribution in [0.1, 0.15) is 16.7 Å². The summed E-state index contributed by atoms with van der Waals surface area (Å²) >= 11 is 6.00. The molecular weight excluding hydrogens is 448 g/mol. The maximum atomic E-state index is 13.5. The van der Waals surface area contributed by atoms with E-state index >= 15 is 0 Å². The van der Waals surface area contributed by atoms with Crippen molar-refractivity contribution in [1.82, 2.24) is 0 Å². The van der Waals surface area contributed by atoms with E-state index in [9.17, 15) is 13.2 Å². The Kier molecular flexibility index (Phi) is 5.88. The molecule has 6 nitrogen and oxygen atoms in total. The van der Waals surface area contributed by atoms with Gasteiger partial charge in [-0.05, 0) is 74.4 Å². The van der Waals surface area contributed by atoms with Crippen LogP contribution in [0.5, 0.6) is 5.75 Å². The Morgan fingerprint density at radius 2 is 1.69 bits per heavy atom. The first-order valence-electron chi connectivity index (χ1n) is 10.1. The lowest BCUT2D eigenvalue weighted by Crippen LogP contribution is -2.48. The van der Waals surface area contributed by atoms with Gasteiger partial charge in [0.15, 0.2) is 6.10 Å². The second-order valence-corrected chi connectivity index (χ2v) is 10.2. The first-order valence-corrected chi connectivity index (χ1v) is 11.9. The Morgan fingerprint density at radius 1 is 1.00 bits per heavy atom. The van der Waals surface area contributed by atoms with Crippen molar-refractivity contribution in [2.45, 2.75) is 31.8 Å². The van der Waals surface area contributed by atoms with Gasteiger partial charge < -0.3 is 10.1 Å². The summed E-state index contributed by atoms with van der Waals surface area (Å²) in [5.41, 5.74) is 3.64. The van der Waals surface area contributed by atoms with Crippen LogP contribution in [0, 0.1) is 20.8 Å². The van der Waals surface area contributed by atoms with Gasteiger partial charge in [-0.25, -0.2) is 8.42 Å². The van der Waals surface area contributed by atoms with Gasteiger partial charge in [0.2, 0.25) is 0 Å². The fraction of sp³-hybridized carbons (Fsp3) is 0.208. The van der Waals surface area contributed by atoms with Crippen LogP contribution in [0.4, 0.5) is 11.4 Å². The van der Waals surface area contributed by atoms with E-state index in [-0.39, 0.29) is 11.4 Å². The van der Waals surface area contributed by atoms with Crippen LogP contribution < -0.4 is 14.4 Å². The first kappa shape index (κ1) is 22.2. The molecule has 0 aromatic heterocycles. The number of aryl methyl sites for hydroxylation is 3. The van der Waals surface area contributed by atoms with Gasteiger partial charge in [-0.1, -0.05) is 35.4 Å². The third-order valence-corrected chi connectivity index (χ3v) is 7.36. The molecule has 1 N–H and O–H groups in total. The second-order valence-electron chi connectivity index (χ2n) is 7.88. The highest BCUT2D eigenvalue weighted by Gasteiger charge is 2.37. The predicted octanol–water partition coefficient (Wildman–Crippen LogP) is 4.86. The molecule has 1 atom stereocenters. The Morgan fingerprint density at radius 3 is 2.38 bits per heavy atom. The third kappa shape index (κ3) is 4.31. The summed E-state index contributed by atoms with van der Waals surface area (Å²) in [6.45, 7) is 5.45. The Bertz CT molecular complexity index is 1290. The van der Waals surface area contributed by atoms with Gasteiger partial charge in [0, 0.05) is 10.7 Å². The average Bonchev–Trinajstić information content (AvgIpc) is 2.74. The minimum Gasteiger partial charge on any atom is -0.476 e. The fourth-order valence-electron chi connectivity index (χ4n) is 3.54. The summed E-state index contributed by atoms with van der Waals surface area (Å²) in [5, 5.41) is 3.39. The van der Waals surface area contributed by atoms with E-state index in [0.717, 1.165) is 16.7 Å². The molecule has 8 heteroatoms. The Hall–Kier alpha value is -3.03. The summed E-state index contributed by atoms with van der Waals surface area (Å²) in [5.74, 6) is -0.0911. The molecule has 4 rings (SSSR count). The molecule has 0 fully saturated rings. The third-order valence-electron chi connectivity index (χ3n) is 5.33. The number of nitrogens with zero attached hydrogens (tertiary/aromatic N) is 1. The van der Waals surface area contributed by atoms with E-state index in [4.69, 9.17) is 16.3 Å². The van der Waals surface area contributed by atoms with Crippen LogP contribution in [0.3, 0.4) is 0 Å². The van der Waals surface area contributed by atoms with E-state index in [1.54, 1.807) is 54.6 Å². The van der Waals surface area contributed by atoms with Gasteiger partial charge >= 0.3 is 0 Å². The molecule has 0 aliphatic carbocycles. The number of amides is 1. The molecule has 1 unspecified atom stereocenters. The zero-order chi connectivity index (χ0) is 23.0. The lowest BCUT2D eigenvalue weighted by Gasteiger charge is -2.35. The quantitative estimate of drug-likeness (QED) is 0.590. The summed E-state index contributed by atoms with van der Waals surface area (Å²) in [6, 6.07) is 17.0. The number of rotatable bonds is 4. The fourth-order valence-corrected chi connectivity index (χ4v) is 5.25. The van der Waals surface area contributed by atoms with Crippen LogP contribution in [0.15, 0.2) is 65.6 Å². The first-order chi connectivity index (χ1) is 15.1. The van der Waals surface area contributed by atoms with E-state index in [1.165, 1.54) is 4.31 Å². The van der Waals surface area contributed by atoms with Gasteiger partial charge in [-0.3, -0.25) is 9.10 Å². The molecule has 0 saturated carbocycles. The van der Waals surface area contributed by atoms with Crippen molar-refractivity contribution in [2.75, 3.05) is 16.2 Å². The average molecular weight is 471 g/mol. The number of hydrogen-bond acceptors (Lipinski definition) is 4. The van der Waals surface area contributed by atoms with Crippen LogP contribution in [-0.2, 0) is 14.8 Å². The van der Waals surface area contributed by atoms with E-state index in [0.29, 0.717) is 22.1 Å². The molecule has 1 heterocycles. The molecule has 0 saturated heterocycles. The largest absolute Gasteiger partial charge is 0.476 e. The van der Waals surface area contributed by atoms with Crippen molar-refractivity contribution in [2.24, 2.45) is 0 Å². The molecule has 1 amide bonds. The number of anilines is 2. The molecule has 0 spiro atoms. The lowest BCUT2D eigenvalue weighted by atomic mass is 10.1. The lowest BCUT2D eigenvalue weighted by molar-refractivity contribution is -0.122. The van der Waals surface area contributed by atoms with E-state index in [2.05, 4.69) is 5.32 Å². The van der Waals surface area contributed by atoms with Gasteiger partial charge in [0.05, 0.1) is 17.1 Å². The van der Waals surface area contributed by atoms with Crippen molar-refractivity contribution in [1.29, 1.82) is 0 Å². The molecule has 1 aliphatic rings. The number of benzene rings is 3. The van der Waals surface area contributed by atoms with Gasteiger partial charge in [0.25, 0.3) is 15.9 Å². The van der Waals surface area contributed by atoms with Gasteiger partial charge in [0.1, 0.15) is 5.75 Å². The minimum absolute atomic E-state index is 0.148. The number of sulfonamides is 1. The number of carbonyl (C=O) groups excluding carboxylic acids is 1. The van der Waals surface area contributed by atoms with Crippen LogP contribution in [0.25, 0.3) is 0 Å². The zero-order valence-electron chi connectivity index (χ0n) is 17.9. The normalized spacial score (nSPS) is 15.6. The number of halogens is 1. The van der Waals surface area contributed by atoms with Crippen LogP contribution in [0.2, 0.25) is 5.02 Å². The predicted molar refractivity (Wildman–Crippen MR) is 126 cm³/mol. The second kappa shape index (κ2) is 8.48. The van der Waals surface area contributed by atoms with Crippen molar-refractivity contribution in [3.05, 3.63) is 82.4 Å². The number of fused-ring (bicyclic) bond motifs is 1. The SMILES string of the molecule is Cc1ccc(S(=O)(=O)N2CC(C(=O)Nc3ccc(Cl)cc3C)Oc3cc(C)ccc32)cc1. The van der Waals surface area contributed by atoms with Crippen molar-refractivity contribution in [3.63, 3.8) is 0 Å². The molecule has 3 aromatic rings. The maximum absolute atomic E-state index is 13.5. The zero-order valence-corrected chi connectivity index (χ0v) is 19.5. The Balaban J connectivity index is 1.69. The van der Waals surface area contributed by atoms with E-state index < -0.39 is 22.0 Å². The molecule has 0 bridgehead atoms. The van der Waals surface area contributed by atoms with E-state index in [1.807, 2.05) is 26.8 Å². The molecule has 3 aromatic carbocycles. The summed E-state index contributed by atoms with van der Waals surface area (Å²) in [4.78, 5) is 13.2. The topological polar surface area (TPSA) is 75.7 Å². The molecule has 1 aliphatic heterocycles. The van der Waals surface area contributed by atoms with Crippen molar-refractivity contribution < 1.29 is 17.9 Å². The number of carbonyl (C=O) groups is 1.